The van der Waals surface area contributed by atoms with Gasteiger partial charge >= 0.3 is 11.9 Å². The van der Waals surface area contributed by atoms with E-state index < -0.39 is 17.9 Å². The van der Waals surface area contributed by atoms with Crippen molar-refractivity contribution in [1.82, 2.24) is 9.80 Å². The number of ether oxygens (including phenoxy) is 2. The van der Waals surface area contributed by atoms with Gasteiger partial charge in [0.15, 0.2) is 5.92 Å². The Morgan fingerprint density at radius 1 is 0.521 bits per heavy atom. The quantitative estimate of drug-likeness (QED) is 0.0490. The van der Waals surface area contributed by atoms with Crippen molar-refractivity contribution in [2.75, 3.05) is 39.4 Å². The van der Waals surface area contributed by atoms with Gasteiger partial charge in [-0.25, -0.2) is 0 Å². The zero-order valence-electron chi connectivity index (χ0n) is 31.0. The van der Waals surface area contributed by atoms with Crippen molar-refractivity contribution in [2.45, 2.75) is 131 Å². The Bertz CT molecular complexity index is 980. The highest BCUT2D eigenvalue weighted by Crippen LogP contribution is 2.26. The lowest BCUT2D eigenvalue weighted by atomic mass is 9.86. The molecule has 0 aliphatic carbocycles. The van der Waals surface area contributed by atoms with Gasteiger partial charge in [-0.2, -0.15) is 0 Å². The van der Waals surface area contributed by atoms with Crippen molar-refractivity contribution in [3.63, 3.8) is 0 Å². The SMILES string of the molecule is CCCCCCCCN(CCC(CCN(CCCCCCCC)Cc1ccccc1)C(C(=O)OCC)C(=O)OCC)Cc1ccccc1. The van der Waals surface area contributed by atoms with Crippen LogP contribution in [0.5, 0.6) is 0 Å². The highest BCUT2D eigenvalue weighted by molar-refractivity contribution is 5.95. The fraction of sp³-hybridized carbons (Fsp3) is 0.667. The summed E-state index contributed by atoms with van der Waals surface area (Å²) in [5, 5.41) is 0. The molecular formula is C42H68N2O4. The molecule has 0 bridgehead atoms. The van der Waals surface area contributed by atoms with Crippen LogP contribution in [0, 0.1) is 11.8 Å². The van der Waals surface area contributed by atoms with Crippen molar-refractivity contribution in [3.8, 4) is 0 Å². The second-order valence-electron chi connectivity index (χ2n) is 13.4. The molecule has 2 aromatic carbocycles. The molecule has 2 rings (SSSR count). The molecular weight excluding hydrogens is 596 g/mol. The first-order chi connectivity index (χ1) is 23.5. The first-order valence-corrected chi connectivity index (χ1v) is 19.4. The fourth-order valence-corrected chi connectivity index (χ4v) is 6.57. The summed E-state index contributed by atoms with van der Waals surface area (Å²) in [6, 6.07) is 21.3. The number of hydrogen-bond donors (Lipinski definition) is 0. The summed E-state index contributed by atoms with van der Waals surface area (Å²) in [6.07, 6.45) is 16.5. The highest BCUT2D eigenvalue weighted by atomic mass is 16.6. The molecule has 270 valence electrons. The molecule has 0 heterocycles. The van der Waals surface area contributed by atoms with Crippen molar-refractivity contribution in [3.05, 3.63) is 71.8 Å². The molecule has 0 radical (unpaired) electrons. The lowest BCUT2D eigenvalue weighted by molar-refractivity contribution is -0.165. The number of unbranched alkanes of at least 4 members (excludes halogenated alkanes) is 10. The van der Waals surface area contributed by atoms with Crippen LogP contribution in [0.2, 0.25) is 0 Å². The topological polar surface area (TPSA) is 59.1 Å². The minimum absolute atomic E-state index is 0.172. The van der Waals surface area contributed by atoms with E-state index in [1.165, 1.54) is 75.3 Å². The second-order valence-corrected chi connectivity index (χ2v) is 13.4. The van der Waals surface area contributed by atoms with Gasteiger partial charge < -0.3 is 9.47 Å². The lowest BCUT2D eigenvalue weighted by Gasteiger charge is -2.30. The maximum atomic E-state index is 13.4. The van der Waals surface area contributed by atoms with Gasteiger partial charge in [0, 0.05) is 13.1 Å². The first kappa shape index (κ1) is 41.5. The highest BCUT2D eigenvalue weighted by Gasteiger charge is 2.37. The number of hydrogen-bond acceptors (Lipinski definition) is 6. The average Bonchev–Trinajstić information content (AvgIpc) is 3.09. The minimum atomic E-state index is -0.912. The van der Waals surface area contributed by atoms with Crippen molar-refractivity contribution >= 4 is 11.9 Å². The van der Waals surface area contributed by atoms with Crippen LogP contribution >= 0.6 is 0 Å². The fourth-order valence-electron chi connectivity index (χ4n) is 6.57. The average molecular weight is 665 g/mol. The Balaban J connectivity index is 2.24. The van der Waals surface area contributed by atoms with E-state index in [2.05, 4.69) is 84.3 Å². The summed E-state index contributed by atoms with van der Waals surface area (Å²) in [5.41, 5.74) is 2.58. The number of carbonyl (C=O) groups is 2. The van der Waals surface area contributed by atoms with E-state index >= 15 is 0 Å². The maximum Gasteiger partial charge on any atom is 0.320 e. The van der Waals surface area contributed by atoms with Gasteiger partial charge in [0.25, 0.3) is 0 Å². The third-order valence-electron chi connectivity index (χ3n) is 9.34. The molecule has 0 saturated carbocycles. The van der Waals surface area contributed by atoms with Crippen molar-refractivity contribution < 1.29 is 19.1 Å². The van der Waals surface area contributed by atoms with E-state index in [1.807, 2.05) is 0 Å². The molecule has 6 nitrogen and oxygen atoms in total. The van der Waals surface area contributed by atoms with Gasteiger partial charge in [0.2, 0.25) is 0 Å². The molecule has 0 fully saturated rings. The summed E-state index contributed by atoms with van der Waals surface area (Å²) in [6.45, 7) is 14.0. The summed E-state index contributed by atoms with van der Waals surface area (Å²) in [7, 11) is 0. The number of benzene rings is 2. The molecule has 0 aromatic heterocycles. The number of esters is 2. The predicted molar refractivity (Wildman–Crippen MR) is 200 cm³/mol. The molecule has 0 N–H and O–H groups in total. The Kier molecular flexibility index (Phi) is 23.5. The molecule has 2 aromatic rings. The first-order valence-electron chi connectivity index (χ1n) is 19.4. The van der Waals surface area contributed by atoms with E-state index in [1.54, 1.807) is 13.8 Å². The Morgan fingerprint density at radius 3 is 1.27 bits per heavy atom. The van der Waals surface area contributed by atoms with E-state index in [0.717, 1.165) is 65.0 Å². The van der Waals surface area contributed by atoms with E-state index in [-0.39, 0.29) is 19.1 Å². The zero-order valence-corrected chi connectivity index (χ0v) is 31.0. The van der Waals surface area contributed by atoms with Crippen LogP contribution < -0.4 is 0 Å². The maximum absolute atomic E-state index is 13.4. The molecule has 0 saturated heterocycles. The van der Waals surface area contributed by atoms with E-state index in [0.29, 0.717) is 0 Å². The summed E-state index contributed by atoms with van der Waals surface area (Å²) in [4.78, 5) is 31.9. The number of nitrogens with zero attached hydrogens (tertiary/aromatic N) is 2. The van der Waals surface area contributed by atoms with Gasteiger partial charge in [-0.15, -0.1) is 0 Å². The van der Waals surface area contributed by atoms with Crippen LogP contribution in [0.25, 0.3) is 0 Å². The van der Waals surface area contributed by atoms with Crippen LogP contribution in [-0.2, 0) is 32.2 Å². The standard InChI is InChI=1S/C42H68N2O4/c1-5-9-11-13-15-23-31-43(35-37-25-19-17-20-26-37)33-29-39(40(41(45)47-7-3)42(46)48-8-4)30-34-44(32-24-16-14-12-10-6-2)36-38-27-21-18-22-28-38/h17-22,25-28,39-40H,5-16,23-24,29-36H2,1-4H3. The van der Waals surface area contributed by atoms with E-state index in [9.17, 15) is 9.59 Å². The van der Waals surface area contributed by atoms with Crippen LogP contribution in [0.3, 0.4) is 0 Å². The predicted octanol–water partition coefficient (Wildman–Crippen LogP) is 9.85. The van der Waals surface area contributed by atoms with Gasteiger partial charge in [0.1, 0.15) is 0 Å². The third kappa shape index (κ3) is 18.2. The van der Waals surface area contributed by atoms with Gasteiger partial charge in [0.05, 0.1) is 13.2 Å². The molecule has 0 spiro atoms. The van der Waals surface area contributed by atoms with Crippen LogP contribution in [0.1, 0.15) is 129 Å². The summed E-state index contributed by atoms with van der Waals surface area (Å²) >= 11 is 0. The number of rotatable bonds is 29. The lowest BCUT2D eigenvalue weighted by Crippen LogP contribution is -2.39. The van der Waals surface area contributed by atoms with Crippen molar-refractivity contribution in [1.29, 1.82) is 0 Å². The number of carbonyl (C=O) groups excluding carboxylic acids is 2. The molecule has 0 aliphatic rings. The molecule has 6 heteroatoms. The molecule has 0 unspecified atom stereocenters. The Hall–Kier alpha value is -2.70. The summed E-state index contributed by atoms with van der Waals surface area (Å²) in [5.74, 6) is -1.98. The smallest absolute Gasteiger partial charge is 0.320 e. The Labute approximate surface area is 294 Å². The van der Waals surface area contributed by atoms with Crippen LogP contribution in [-0.4, -0.2) is 61.1 Å². The third-order valence-corrected chi connectivity index (χ3v) is 9.34. The van der Waals surface area contributed by atoms with Crippen LogP contribution in [0.4, 0.5) is 0 Å². The monoisotopic (exact) mass is 665 g/mol. The second kappa shape index (κ2) is 27.2. The minimum Gasteiger partial charge on any atom is -0.465 e. The molecule has 48 heavy (non-hydrogen) atoms. The van der Waals surface area contributed by atoms with E-state index in [4.69, 9.17) is 9.47 Å². The normalized spacial score (nSPS) is 11.6. The molecule has 0 atom stereocenters. The Morgan fingerprint density at radius 2 is 0.896 bits per heavy atom. The zero-order chi connectivity index (χ0) is 34.7. The summed E-state index contributed by atoms with van der Waals surface area (Å²) < 4.78 is 11.0. The van der Waals surface area contributed by atoms with Gasteiger partial charge in [-0.05, 0) is 82.8 Å². The largest absolute Gasteiger partial charge is 0.465 e. The van der Waals surface area contributed by atoms with Crippen LogP contribution in [0.15, 0.2) is 60.7 Å². The van der Waals surface area contributed by atoms with Crippen molar-refractivity contribution in [2.24, 2.45) is 11.8 Å². The van der Waals surface area contributed by atoms with Gasteiger partial charge in [-0.3, -0.25) is 19.4 Å². The van der Waals surface area contributed by atoms with Gasteiger partial charge in [-0.1, -0.05) is 139 Å². The molecule has 0 aliphatic heterocycles. The molecule has 0 amide bonds.